The number of benzene rings is 1. The Kier molecular flexibility index (Phi) is 5.94. The van der Waals surface area contributed by atoms with Crippen LogP contribution in [0.25, 0.3) is 10.9 Å². The minimum atomic E-state index is -0.729. The van der Waals surface area contributed by atoms with Gasteiger partial charge in [0.1, 0.15) is 40.5 Å². The van der Waals surface area contributed by atoms with E-state index >= 15 is 0 Å². The van der Waals surface area contributed by atoms with Gasteiger partial charge in [0, 0.05) is 24.5 Å². The van der Waals surface area contributed by atoms with Gasteiger partial charge in [-0.25, -0.2) is 19.2 Å². The average Bonchev–Trinajstić information content (AvgIpc) is 3.03. The number of halogens is 2. The van der Waals surface area contributed by atoms with E-state index in [0.29, 0.717) is 16.6 Å². The second-order valence-corrected chi connectivity index (χ2v) is 8.14. The first-order chi connectivity index (χ1) is 14.1. The zero-order valence-corrected chi connectivity index (χ0v) is 17.9. The number of hydrogen-bond donors (Lipinski definition) is 0. The molecule has 2 heterocycles. The van der Waals surface area contributed by atoms with Crippen LogP contribution in [0.2, 0.25) is 5.15 Å². The molecular formula is C21H21ClFN5O2. The zero-order valence-electron chi connectivity index (χ0n) is 17.1. The van der Waals surface area contributed by atoms with Gasteiger partial charge in [-0.1, -0.05) is 17.7 Å². The van der Waals surface area contributed by atoms with E-state index in [1.807, 2.05) is 6.92 Å². The first-order valence-corrected chi connectivity index (χ1v) is 9.65. The second kappa shape index (κ2) is 8.28. The normalized spacial score (nSPS) is 11.4. The third kappa shape index (κ3) is 4.52. The van der Waals surface area contributed by atoms with Gasteiger partial charge in [0.2, 0.25) is 0 Å². The number of nitriles is 1. The molecule has 0 spiro atoms. The first-order valence-electron chi connectivity index (χ1n) is 9.27. The zero-order chi connectivity index (χ0) is 22.1. The van der Waals surface area contributed by atoms with Crippen molar-refractivity contribution in [1.82, 2.24) is 14.5 Å². The van der Waals surface area contributed by atoms with E-state index in [1.54, 1.807) is 37.5 Å². The van der Waals surface area contributed by atoms with E-state index in [4.69, 9.17) is 16.3 Å². The van der Waals surface area contributed by atoms with Crippen LogP contribution in [-0.2, 0) is 11.3 Å². The fourth-order valence-electron chi connectivity index (χ4n) is 3.09. The Hall–Kier alpha value is -3.18. The number of carbonyl (C=O) groups is 1. The van der Waals surface area contributed by atoms with Crippen LogP contribution in [0.15, 0.2) is 30.6 Å². The van der Waals surface area contributed by atoms with Crippen LogP contribution in [0, 0.1) is 24.1 Å². The van der Waals surface area contributed by atoms with Crippen LogP contribution < -0.4 is 4.90 Å². The highest BCUT2D eigenvalue weighted by molar-refractivity contribution is 6.29. The summed E-state index contributed by atoms with van der Waals surface area (Å²) < 4.78 is 21.6. The number of ether oxygens (including phenoxy) is 1. The molecule has 30 heavy (non-hydrogen) atoms. The van der Waals surface area contributed by atoms with Gasteiger partial charge in [0.15, 0.2) is 0 Å². The predicted molar refractivity (Wildman–Crippen MR) is 112 cm³/mol. The fourth-order valence-corrected chi connectivity index (χ4v) is 3.23. The summed E-state index contributed by atoms with van der Waals surface area (Å²) in [6.07, 6.45) is 0.605. The van der Waals surface area contributed by atoms with Crippen molar-refractivity contribution in [3.05, 3.63) is 52.8 Å². The largest absolute Gasteiger partial charge is 0.443 e. The van der Waals surface area contributed by atoms with Gasteiger partial charge in [-0.05, 0) is 45.4 Å². The molecule has 0 fully saturated rings. The van der Waals surface area contributed by atoms with Gasteiger partial charge in [0.25, 0.3) is 0 Å². The monoisotopic (exact) mass is 429 g/mol. The number of anilines is 1. The minimum absolute atomic E-state index is 0.0775. The molecule has 0 saturated carbocycles. The number of rotatable bonds is 4. The number of amides is 1. The summed E-state index contributed by atoms with van der Waals surface area (Å²) in [5.74, 6) is -0.193. The molecule has 1 aromatic carbocycles. The van der Waals surface area contributed by atoms with E-state index < -0.39 is 17.5 Å². The third-order valence-electron chi connectivity index (χ3n) is 4.40. The maximum absolute atomic E-state index is 14.6. The van der Waals surface area contributed by atoms with Crippen molar-refractivity contribution < 1.29 is 13.9 Å². The third-order valence-corrected chi connectivity index (χ3v) is 4.61. The topological polar surface area (TPSA) is 84.0 Å². The van der Waals surface area contributed by atoms with Crippen molar-refractivity contribution in [3.8, 4) is 6.07 Å². The number of hydrogen-bond acceptors (Lipinski definition) is 5. The molecule has 0 aliphatic heterocycles. The van der Waals surface area contributed by atoms with E-state index in [0.717, 1.165) is 5.56 Å². The summed E-state index contributed by atoms with van der Waals surface area (Å²) in [6.45, 7) is 7.33. The van der Waals surface area contributed by atoms with Gasteiger partial charge in [-0.2, -0.15) is 5.26 Å². The summed E-state index contributed by atoms with van der Waals surface area (Å²) >= 11 is 5.96. The van der Waals surface area contributed by atoms with Crippen LogP contribution in [0.5, 0.6) is 0 Å². The summed E-state index contributed by atoms with van der Waals surface area (Å²) in [4.78, 5) is 22.1. The molecular weight excluding hydrogens is 409 g/mol. The summed E-state index contributed by atoms with van der Waals surface area (Å²) in [5, 5.41) is 10.4. The summed E-state index contributed by atoms with van der Waals surface area (Å²) in [5.41, 5.74) is 0.737. The predicted octanol–water partition coefficient (Wildman–Crippen LogP) is 4.85. The van der Waals surface area contributed by atoms with Crippen LogP contribution in [-0.4, -0.2) is 32.8 Å². The molecule has 0 aliphatic rings. The molecule has 2 aromatic heterocycles. The Morgan fingerprint density at radius 2 is 2.07 bits per heavy atom. The summed E-state index contributed by atoms with van der Waals surface area (Å²) in [6, 6.07) is 8.21. The molecule has 0 bridgehead atoms. The number of carbonyl (C=O) groups excluding carboxylic acids is 1. The minimum Gasteiger partial charge on any atom is -0.443 e. The van der Waals surface area contributed by atoms with Gasteiger partial charge in [-0.15, -0.1) is 0 Å². The molecule has 0 atom stereocenters. The van der Waals surface area contributed by atoms with Crippen LogP contribution in [0.3, 0.4) is 0 Å². The maximum atomic E-state index is 14.6. The van der Waals surface area contributed by atoms with E-state index in [-0.39, 0.29) is 24.1 Å². The molecule has 0 radical (unpaired) electrons. The van der Waals surface area contributed by atoms with Crippen molar-refractivity contribution in [3.63, 3.8) is 0 Å². The van der Waals surface area contributed by atoms with Crippen molar-refractivity contribution in [2.24, 2.45) is 0 Å². The highest BCUT2D eigenvalue weighted by atomic mass is 35.5. The molecule has 0 saturated heterocycles. The molecule has 0 aliphatic carbocycles. The van der Waals surface area contributed by atoms with Crippen LogP contribution in [0.1, 0.15) is 32.0 Å². The summed E-state index contributed by atoms with van der Waals surface area (Å²) in [7, 11) is 0. The van der Waals surface area contributed by atoms with Crippen molar-refractivity contribution >= 4 is 34.4 Å². The SMILES string of the molecule is Cc1ccc(F)c2c1cc(C#N)n2CCN(C(=O)OC(C)(C)C)c1cc(Cl)ncn1. The quantitative estimate of drug-likeness (QED) is 0.554. The molecule has 0 unspecified atom stereocenters. The lowest BCUT2D eigenvalue weighted by Gasteiger charge is -2.27. The lowest BCUT2D eigenvalue weighted by molar-refractivity contribution is 0.0578. The molecule has 156 valence electrons. The second-order valence-electron chi connectivity index (χ2n) is 7.75. The van der Waals surface area contributed by atoms with E-state index in [2.05, 4.69) is 16.0 Å². The van der Waals surface area contributed by atoms with Crippen molar-refractivity contribution in [2.45, 2.75) is 39.8 Å². The van der Waals surface area contributed by atoms with Gasteiger partial charge in [0.05, 0.1) is 5.52 Å². The lowest BCUT2D eigenvalue weighted by atomic mass is 10.1. The van der Waals surface area contributed by atoms with E-state index in [9.17, 15) is 14.4 Å². The van der Waals surface area contributed by atoms with Crippen molar-refractivity contribution in [2.75, 3.05) is 11.4 Å². The van der Waals surface area contributed by atoms with Gasteiger partial charge in [-0.3, -0.25) is 4.90 Å². The van der Waals surface area contributed by atoms with Crippen molar-refractivity contribution in [1.29, 1.82) is 5.26 Å². The van der Waals surface area contributed by atoms with E-state index in [1.165, 1.54) is 23.4 Å². The Morgan fingerprint density at radius 3 is 2.70 bits per heavy atom. The first kappa shape index (κ1) is 21.5. The molecule has 3 rings (SSSR count). The number of fused-ring (bicyclic) bond motifs is 1. The Balaban J connectivity index is 2.00. The number of aryl methyl sites for hydroxylation is 1. The Morgan fingerprint density at radius 1 is 1.33 bits per heavy atom. The molecule has 9 heteroatoms. The average molecular weight is 430 g/mol. The number of aromatic nitrogens is 3. The fraction of sp³-hybridized carbons (Fsp3) is 0.333. The molecule has 3 aromatic rings. The lowest BCUT2D eigenvalue weighted by Crippen LogP contribution is -2.39. The Labute approximate surface area is 178 Å². The Bertz CT molecular complexity index is 1150. The highest BCUT2D eigenvalue weighted by Crippen LogP contribution is 2.26. The number of nitrogens with zero attached hydrogens (tertiary/aromatic N) is 5. The smallest absolute Gasteiger partial charge is 0.416 e. The van der Waals surface area contributed by atoms with Crippen LogP contribution in [0.4, 0.5) is 15.0 Å². The van der Waals surface area contributed by atoms with Gasteiger partial charge < -0.3 is 9.30 Å². The van der Waals surface area contributed by atoms with Crippen LogP contribution >= 0.6 is 11.6 Å². The highest BCUT2D eigenvalue weighted by Gasteiger charge is 2.25. The molecule has 1 amide bonds. The molecule has 7 nitrogen and oxygen atoms in total. The maximum Gasteiger partial charge on any atom is 0.416 e. The standard InChI is InChI=1S/C21H21ClFN5O2/c1-13-5-6-16(23)19-15(13)9-14(11-24)27(19)7-8-28(20(29)30-21(2,3)4)18-10-17(22)25-12-26-18/h5-6,9-10,12H,7-8H2,1-4H3. The van der Waals surface area contributed by atoms with Gasteiger partial charge >= 0.3 is 6.09 Å². The molecule has 0 N–H and O–H groups in total.